The van der Waals surface area contributed by atoms with Crippen LogP contribution in [0, 0.1) is 5.92 Å². The molecule has 0 radical (unpaired) electrons. The van der Waals surface area contributed by atoms with Crippen LogP contribution in [0.4, 0.5) is 0 Å². The lowest BCUT2D eigenvalue weighted by molar-refractivity contribution is 0.174. The fourth-order valence-corrected chi connectivity index (χ4v) is 3.12. The first-order valence-corrected chi connectivity index (χ1v) is 7.82. The molecule has 0 atom stereocenters. The third-order valence-corrected chi connectivity index (χ3v) is 4.31. The minimum Gasteiger partial charge on any atom is -0.319 e. The smallest absolute Gasteiger partial charge is 0.0649 e. The van der Waals surface area contributed by atoms with Crippen molar-refractivity contribution in [1.82, 2.24) is 20.0 Å². The van der Waals surface area contributed by atoms with E-state index in [1.54, 1.807) is 0 Å². The molecule has 0 bridgehead atoms. The zero-order valence-corrected chi connectivity index (χ0v) is 12.7. The molecule has 0 amide bonds. The average Bonchev–Trinajstić information content (AvgIpc) is 2.98. The highest BCUT2D eigenvalue weighted by Crippen LogP contribution is 2.19. The van der Waals surface area contributed by atoms with Gasteiger partial charge in [-0.3, -0.25) is 4.90 Å². The van der Waals surface area contributed by atoms with Crippen molar-refractivity contribution in [2.45, 2.75) is 19.4 Å². The molecule has 0 aliphatic carbocycles. The molecule has 1 saturated heterocycles. The molecule has 4 heteroatoms. The third kappa shape index (κ3) is 3.52. The highest BCUT2D eigenvalue weighted by atomic mass is 15.3. The van der Waals surface area contributed by atoms with Gasteiger partial charge in [0, 0.05) is 12.7 Å². The van der Waals surface area contributed by atoms with Crippen LogP contribution < -0.4 is 5.32 Å². The molecule has 2 aromatic rings. The van der Waals surface area contributed by atoms with Gasteiger partial charge in [0.1, 0.15) is 0 Å². The van der Waals surface area contributed by atoms with Crippen LogP contribution in [-0.2, 0) is 6.54 Å². The van der Waals surface area contributed by atoms with E-state index in [4.69, 9.17) is 0 Å². The van der Waals surface area contributed by atoms with E-state index < -0.39 is 0 Å². The van der Waals surface area contributed by atoms with Crippen LogP contribution in [0.25, 0.3) is 5.69 Å². The van der Waals surface area contributed by atoms with Crippen molar-refractivity contribution in [2.24, 2.45) is 5.92 Å². The number of likely N-dealkylation sites (tertiary alicyclic amines) is 1. The molecule has 112 valence electrons. The highest BCUT2D eigenvalue weighted by molar-refractivity contribution is 5.32. The van der Waals surface area contributed by atoms with Crippen molar-refractivity contribution in [2.75, 3.05) is 26.7 Å². The fourth-order valence-electron chi connectivity index (χ4n) is 3.12. The highest BCUT2D eigenvalue weighted by Gasteiger charge is 2.19. The number of hydrogen-bond acceptors (Lipinski definition) is 3. The molecular weight excluding hydrogens is 260 g/mol. The average molecular weight is 284 g/mol. The number of para-hydroxylation sites is 1. The molecule has 1 aliphatic rings. The zero-order chi connectivity index (χ0) is 14.5. The maximum absolute atomic E-state index is 4.48. The normalized spacial score (nSPS) is 17.2. The minimum absolute atomic E-state index is 0.838. The quantitative estimate of drug-likeness (QED) is 0.914. The van der Waals surface area contributed by atoms with E-state index in [-0.39, 0.29) is 0 Å². The molecule has 21 heavy (non-hydrogen) atoms. The molecule has 4 nitrogen and oxygen atoms in total. The van der Waals surface area contributed by atoms with E-state index in [1.807, 2.05) is 19.3 Å². The van der Waals surface area contributed by atoms with E-state index in [1.165, 1.54) is 31.6 Å². The first kappa shape index (κ1) is 14.3. The van der Waals surface area contributed by atoms with Gasteiger partial charge in [-0.2, -0.15) is 5.10 Å². The van der Waals surface area contributed by atoms with Crippen LogP contribution >= 0.6 is 0 Å². The monoisotopic (exact) mass is 284 g/mol. The summed E-state index contributed by atoms with van der Waals surface area (Å²) >= 11 is 0. The van der Waals surface area contributed by atoms with Crippen LogP contribution in [0.2, 0.25) is 0 Å². The van der Waals surface area contributed by atoms with E-state index in [2.05, 4.69) is 50.3 Å². The van der Waals surface area contributed by atoms with E-state index in [0.29, 0.717) is 0 Å². The Hall–Kier alpha value is -1.65. The Morgan fingerprint density at radius 1 is 1.14 bits per heavy atom. The first-order chi connectivity index (χ1) is 10.4. The summed E-state index contributed by atoms with van der Waals surface area (Å²) in [4.78, 5) is 2.54. The van der Waals surface area contributed by atoms with E-state index >= 15 is 0 Å². The Balaban J connectivity index is 1.63. The molecule has 1 fully saturated rings. The summed E-state index contributed by atoms with van der Waals surface area (Å²) in [5.41, 5.74) is 2.41. The number of nitrogens with one attached hydrogen (secondary N) is 1. The SMILES string of the molecule is CNCC1CCN(Cc2ccnn2-c2ccccc2)CC1. The summed E-state index contributed by atoms with van der Waals surface area (Å²) in [6.07, 6.45) is 4.48. The Morgan fingerprint density at radius 3 is 2.62 bits per heavy atom. The van der Waals surface area contributed by atoms with Gasteiger partial charge >= 0.3 is 0 Å². The molecule has 1 aromatic heterocycles. The van der Waals surface area contributed by atoms with Crippen molar-refractivity contribution in [1.29, 1.82) is 0 Å². The maximum Gasteiger partial charge on any atom is 0.0649 e. The van der Waals surface area contributed by atoms with Gasteiger partial charge < -0.3 is 5.32 Å². The zero-order valence-electron chi connectivity index (χ0n) is 12.7. The Bertz CT molecular complexity index is 541. The van der Waals surface area contributed by atoms with E-state index in [0.717, 1.165) is 24.7 Å². The summed E-state index contributed by atoms with van der Waals surface area (Å²) < 4.78 is 2.06. The van der Waals surface area contributed by atoms with Crippen LogP contribution in [0.15, 0.2) is 42.6 Å². The van der Waals surface area contributed by atoms with Crippen molar-refractivity contribution in [3.8, 4) is 5.69 Å². The largest absolute Gasteiger partial charge is 0.319 e. The number of hydrogen-bond donors (Lipinski definition) is 1. The summed E-state index contributed by atoms with van der Waals surface area (Å²) in [7, 11) is 2.05. The molecule has 0 spiro atoms. The second-order valence-electron chi connectivity index (χ2n) is 5.85. The standard InChI is InChI=1S/C17H24N4/c1-18-13-15-8-11-20(12-9-15)14-17-7-10-19-21(17)16-5-3-2-4-6-16/h2-7,10,15,18H,8-9,11-14H2,1H3. The Morgan fingerprint density at radius 2 is 1.90 bits per heavy atom. The summed E-state index contributed by atoms with van der Waals surface area (Å²) in [5.74, 6) is 0.838. The van der Waals surface area contributed by atoms with Crippen LogP contribution in [0.1, 0.15) is 18.5 Å². The number of piperidine rings is 1. The molecule has 1 N–H and O–H groups in total. The molecule has 1 aromatic carbocycles. The lowest BCUT2D eigenvalue weighted by atomic mass is 9.97. The molecular formula is C17H24N4. The lowest BCUT2D eigenvalue weighted by Gasteiger charge is -2.31. The molecule has 0 unspecified atom stereocenters. The number of rotatable bonds is 5. The third-order valence-electron chi connectivity index (χ3n) is 4.31. The topological polar surface area (TPSA) is 33.1 Å². The second kappa shape index (κ2) is 6.87. The lowest BCUT2D eigenvalue weighted by Crippen LogP contribution is -2.36. The maximum atomic E-state index is 4.48. The summed E-state index contributed by atoms with van der Waals surface area (Å²) in [6.45, 7) is 4.51. The second-order valence-corrected chi connectivity index (χ2v) is 5.85. The molecule has 3 rings (SSSR count). The number of nitrogens with zero attached hydrogens (tertiary/aromatic N) is 3. The molecule has 0 saturated carbocycles. The van der Waals surface area contributed by atoms with Gasteiger partial charge in [-0.1, -0.05) is 18.2 Å². The van der Waals surface area contributed by atoms with E-state index in [9.17, 15) is 0 Å². The fraction of sp³-hybridized carbons (Fsp3) is 0.471. The number of benzene rings is 1. The van der Waals surface area contributed by atoms with Gasteiger partial charge in [0.05, 0.1) is 11.4 Å². The van der Waals surface area contributed by atoms with Gasteiger partial charge in [0.15, 0.2) is 0 Å². The van der Waals surface area contributed by atoms with Gasteiger partial charge in [0.2, 0.25) is 0 Å². The first-order valence-electron chi connectivity index (χ1n) is 7.82. The van der Waals surface area contributed by atoms with Crippen molar-refractivity contribution in [3.05, 3.63) is 48.3 Å². The van der Waals surface area contributed by atoms with Gasteiger partial charge in [-0.25, -0.2) is 4.68 Å². The molecule has 1 aliphatic heterocycles. The van der Waals surface area contributed by atoms with Gasteiger partial charge in [-0.05, 0) is 63.6 Å². The molecule has 2 heterocycles. The Labute approximate surface area is 126 Å². The van der Waals surface area contributed by atoms with Crippen molar-refractivity contribution in [3.63, 3.8) is 0 Å². The van der Waals surface area contributed by atoms with Crippen molar-refractivity contribution >= 4 is 0 Å². The van der Waals surface area contributed by atoms with Gasteiger partial charge in [0.25, 0.3) is 0 Å². The predicted octanol–water partition coefficient (Wildman–Crippen LogP) is 2.30. The summed E-state index contributed by atoms with van der Waals surface area (Å²) in [5, 5.41) is 7.77. The predicted molar refractivity (Wildman–Crippen MR) is 85.5 cm³/mol. The number of aromatic nitrogens is 2. The van der Waals surface area contributed by atoms with Gasteiger partial charge in [-0.15, -0.1) is 0 Å². The van der Waals surface area contributed by atoms with Crippen LogP contribution in [0.5, 0.6) is 0 Å². The van der Waals surface area contributed by atoms with Crippen molar-refractivity contribution < 1.29 is 0 Å². The van der Waals surface area contributed by atoms with Crippen LogP contribution in [-0.4, -0.2) is 41.4 Å². The Kier molecular flexibility index (Phi) is 4.68. The van der Waals surface area contributed by atoms with Crippen LogP contribution in [0.3, 0.4) is 0 Å². The summed E-state index contributed by atoms with van der Waals surface area (Å²) in [6, 6.07) is 12.5. The minimum atomic E-state index is 0.838.